The largest absolute Gasteiger partial charge is 0.489 e. The minimum absolute atomic E-state index is 0.0106. The number of rotatable bonds is 9. The summed E-state index contributed by atoms with van der Waals surface area (Å²) >= 11 is 5.88. The Morgan fingerprint density at radius 1 is 0.821 bits per heavy atom. The van der Waals surface area contributed by atoms with E-state index in [1.165, 1.54) is 41.3 Å². The smallest absolute Gasteiger partial charge is 0.295 e. The van der Waals surface area contributed by atoms with Crippen LogP contribution in [0.25, 0.3) is 0 Å². The van der Waals surface area contributed by atoms with Crippen molar-refractivity contribution < 1.29 is 22.4 Å². The van der Waals surface area contributed by atoms with Crippen LogP contribution in [0.4, 0.5) is 5.82 Å². The first-order valence-electron chi connectivity index (χ1n) is 12.0. The topological polar surface area (TPSA) is 89.7 Å². The quantitative estimate of drug-likeness (QED) is 0.203. The Balaban J connectivity index is 1.35. The molecule has 0 saturated heterocycles. The molecule has 0 aliphatic carbocycles. The summed E-state index contributed by atoms with van der Waals surface area (Å²) in [6.45, 7) is 0.618. The number of carbonyl (C=O) groups is 1. The highest BCUT2D eigenvalue weighted by Crippen LogP contribution is 2.26. The van der Waals surface area contributed by atoms with E-state index in [2.05, 4.69) is 4.98 Å². The van der Waals surface area contributed by atoms with Gasteiger partial charge in [0.2, 0.25) is 14.9 Å². The van der Waals surface area contributed by atoms with E-state index in [0.29, 0.717) is 23.2 Å². The molecule has 9 heteroatoms. The van der Waals surface area contributed by atoms with Crippen LogP contribution in [0.3, 0.4) is 0 Å². The minimum atomic E-state index is -3.97. The highest BCUT2D eigenvalue weighted by molar-refractivity contribution is 7.91. The van der Waals surface area contributed by atoms with Gasteiger partial charge in [-0.1, -0.05) is 60.1 Å². The minimum Gasteiger partial charge on any atom is -0.489 e. The SMILES string of the molecule is O=C(c1ccc(S(=O)(=O)c2ccc(Cl)cc2)o1)N(Cc1ccc(OCc2ccccc2)cc1)c1ccccn1. The first-order valence-corrected chi connectivity index (χ1v) is 13.9. The molecular weight excluding hydrogens is 536 g/mol. The highest BCUT2D eigenvalue weighted by Gasteiger charge is 2.27. The summed E-state index contributed by atoms with van der Waals surface area (Å²) in [4.78, 5) is 19.3. The zero-order chi connectivity index (χ0) is 27.2. The summed E-state index contributed by atoms with van der Waals surface area (Å²) in [5.74, 6) is 0.429. The molecular formula is C30H23ClN2O5S. The summed E-state index contributed by atoms with van der Waals surface area (Å²) < 4.78 is 37.4. The maximum Gasteiger partial charge on any atom is 0.295 e. The molecule has 0 spiro atoms. The number of ether oxygens (including phenoxy) is 1. The monoisotopic (exact) mass is 558 g/mol. The van der Waals surface area contributed by atoms with Crippen molar-refractivity contribution in [1.29, 1.82) is 0 Å². The van der Waals surface area contributed by atoms with Crippen LogP contribution in [0.1, 0.15) is 21.7 Å². The molecule has 39 heavy (non-hydrogen) atoms. The van der Waals surface area contributed by atoms with E-state index in [4.69, 9.17) is 20.8 Å². The van der Waals surface area contributed by atoms with Crippen LogP contribution in [0.5, 0.6) is 5.75 Å². The fourth-order valence-electron chi connectivity index (χ4n) is 3.83. The van der Waals surface area contributed by atoms with Gasteiger partial charge in [-0.15, -0.1) is 0 Å². The lowest BCUT2D eigenvalue weighted by atomic mass is 10.2. The predicted molar refractivity (Wildman–Crippen MR) is 148 cm³/mol. The molecule has 0 radical (unpaired) electrons. The van der Waals surface area contributed by atoms with E-state index >= 15 is 0 Å². The average molecular weight is 559 g/mol. The number of amides is 1. The first-order chi connectivity index (χ1) is 18.9. The zero-order valence-electron chi connectivity index (χ0n) is 20.6. The molecule has 2 aromatic heterocycles. The number of benzene rings is 3. The highest BCUT2D eigenvalue weighted by atomic mass is 35.5. The summed E-state index contributed by atoms with van der Waals surface area (Å²) in [5.41, 5.74) is 1.88. The van der Waals surface area contributed by atoms with Gasteiger partial charge in [-0.25, -0.2) is 13.4 Å². The zero-order valence-corrected chi connectivity index (χ0v) is 22.2. The fraction of sp³-hybridized carbons (Fsp3) is 0.0667. The Labute approximate surface area is 231 Å². The molecule has 3 aromatic carbocycles. The van der Waals surface area contributed by atoms with Gasteiger partial charge < -0.3 is 9.15 Å². The molecule has 5 aromatic rings. The molecule has 0 atom stereocenters. The molecule has 0 N–H and O–H groups in total. The van der Waals surface area contributed by atoms with E-state index in [1.807, 2.05) is 54.6 Å². The second kappa shape index (κ2) is 11.6. The molecule has 196 valence electrons. The molecule has 0 unspecified atom stereocenters. The third kappa shape index (κ3) is 6.19. The molecule has 0 fully saturated rings. The second-order valence-electron chi connectivity index (χ2n) is 8.57. The normalized spacial score (nSPS) is 11.2. The van der Waals surface area contributed by atoms with Gasteiger partial charge in [0.25, 0.3) is 5.91 Å². The Bertz CT molecular complexity index is 1650. The number of furan rings is 1. The van der Waals surface area contributed by atoms with Crippen LogP contribution in [0.2, 0.25) is 5.02 Å². The lowest BCUT2D eigenvalue weighted by Crippen LogP contribution is -2.30. The number of pyridine rings is 1. The van der Waals surface area contributed by atoms with Crippen LogP contribution in [-0.4, -0.2) is 19.3 Å². The molecule has 0 aliphatic heterocycles. The maximum atomic E-state index is 13.6. The van der Waals surface area contributed by atoms with Crippen molar-refractivity contribution in [2.45, 2.75) is 23.1 Å². The number of aromatic nitrogens is 1. The molecule has 0 bridgehead atoms. The predicted octanol–water partition coefficient (Wildman–Crippen LogP) is 6.59. The summed E-state index contributed by atoms with van der Waals surface area (Å²) in [5, 5.41) is 0.0696. The average Bonchev–Trinajstić information content (AvgIpc) is 3.48. The van der Waals surface area contributed by atoms with Crippen molar-refractivity contribution in [3.05, 3.63) is 137 Å². The van der Waals surface area contributed by atoms with Crippen molar-refractivity contribution in [2.24, 2.45) is 0 Å². The Morgan fingerprint density at radius 2 is 1.54 bits per heavy atom. The van der Waals surface area contributed by atoms with Gasteiger partial charge in [0.05, 0.1) is 11.4 Å². The van der Waals surface area contributed by atoms with Gasteiger partial charge >= 0.3 is 0 Å². The van der Waals surface area contributed by atoms with Gasteiger partial charge in [0, 0.05) is 11.2 Å². The lowest BCUT2D eigenvalue weighted by Gasteiger charge is -2.21. The molecule has 0 saturated carbocycles. The molecule has 7 nitrogen and oxygen atoms in total. The molecule has 2 heterocycles. The van der Waals surface area contributed by atoms with Gasteiger partial charge in [0.15, 0.2) is 5.76 Å². The van der Waals surface area contributed by atoms with Gasteiger partial charge in [-0.2, -0.15) is 0 Å². The van der Waals surface area contributed by atoms with E-state index in [1.54, 1.807) is 24.4 Å². The van der Waals surface area contributed by atoms with Gasteiger partial charge in [0.1, 0.15) is 18.2 Å². The second-order valence-corrected chi connectivity index (χ2v) is 10.9. The number of nitrogens with zero attached hydrogens (tertiary/aromatic N) is 2. The number of sulfone groups is 1. The Morgan fingerprint density at radius 3 is 2.23 bits per heavy atom. The summed E-state index contributed by atoms with van der Waals surface area (Å²) in [7, 11) is -3.97. The van der Waals surface area contributed by atoms with E-state index < -0.39 is 15.7 Å². The van der Waals surface area contributed by atoms with Crippen LogP contribution < -0.4 is 9.64 Å². The van der Waals surface area contributed by atoms with Gasteiger partial charge in [-0.05, 0) is 71.8 Å². The number of hydrogen-bond donors (Lipinski definition) is 0. The molecule has 0 aliphatic rings. The first kappa shape index (κ1) is 26.2. The summed E-state index contributed by atoms with van der Waals surface area (Å²) in [6.07, 6.45) is 1.58. The van der Waals surface area contributed by atoms with E-state index in [0.717, 1.165) is 11.1 Å². The van der Waals surface area contributed by atoms with Crippen molar-refractivity contribution in [2.75, 3.05) is 4.90 Å². The van der Waals surface area contributed by atoms with Gasteiger partial charge in [-0.3, -0.25) is 9.69 Å². The van der Waals surface area contributed by atoms with E-state index in [9.17, 15) is 13.2 Å². The molecule has 5 rings (SSSR count). The van der Waals surface area contributed by atoms with Crippen molar-refractivity contribution in [3.8, 4) is 5.75 Å². The fourth-order valence-corrected chi connectivity index (χ4v) is 5.13. The molecule has 1 amide bonds. The van der Waals surface area contributed by atoms with Crippen LogP contribution in [0, 0.1) is 0 Å². The Hall–Kier alpha value is -4.40. The van der Waals surface area contributed by atoms with Crippen molar-refractivity contribution in [3.63, 3.8) is 0 Å². The number of hydrogen-bond acceptors (Lipinski definition) is 6. The van der Waals surface area contributed by atoms with Crippen LogP contribution in [0.15, 0.2) is 130 Å². The number of anilines is 1. The standard InChI is InChI=1S/C30H23ClN2O5S/c31-24-11-15-26(16-12-24)39(35,36)29-18-17-27(38-29)30(34)33(28-8-4-5-19-32-28)20-22-9-13-25(14-10-22)37-21-23-6-2-1-3-7-23/h1-19H,20-21H2. The van der Waals surface area contributed by atoms with Crippen LogP contribution in [-0.2, 0) is 23.0 Å². The third-order valence-corrected chi connectivity index (χ3v) is 7.76. The maximum absolute atomic E-state index is 13.6. The number of halogens is 1. The Kier molecular flexibility index (Phi) is 7.76. The number of carbonyl (C=O) groups excluding carboxylic acids is 1. The van der Waals surface area contributed by atoms with Crippen molar-refractivity contribution >= 4 is 33.2 Å². The van der Waals surface area contributed by atoms with Crippen molar-refractivity contribution in [1.82, 2.24) is 4.98 Å². The van der Waals surface area contributed by atoms with Crippen LogP contribution >= 0.6 is 11.6 Å². The third-order valence-electron chi connectivity index (χ3n) is 5.86. The summed E-state index contributed by atoms with van der Waals surface area (Å²) in [6, 6.07) is 30.8. The van der Waals surface area contributed by atoms with E-state index in [-0.39, 0.29) is 22.3 Å². The lowest BCUT2D eigenvalue weighted by molar-refractivity contribution is 0.0952.